The number of aliphatic hydroxyl groups is 9. The second-order valence-electron chi connectivity index (χ2n) is 23.0. The number of rotatable bonds is 9. The van der Waals surface area contributed by atoms with Gasteiger partial charge in [-0.15, -0.1) is 0 Å². The van der Waals surface area contributed by atoms with Crippen LogP contribution >= 0.6 is 0 Å². The number of carbonyl (C=O) groups is 2. The Morgan fingerprint density at radius 2 is 1.25 bits per heavy atom. The van der Waals surface area contributed by atoms with E-state index in [1.165, 1.54) is 5.57 Å². The van der Waals surface area contributed by atoms with Crippen LogP contribution in [0.3, 0.4) is 0 Å². The number of aliphatic carboxylic acids is 1. The molecule has 4 saturated carbocycles. The molecule has 8 rings (SSSR count). The Bertz CT molecular complexity index is 1820. The number of carboxylic acid groups (broad SMARTS) is 1. The number of ether oxygens (including phenoxy) is 6. The lowest BCUT2D eigenvalue weighted by Gasteiger charge is -2.71. The van der Waals surface area contributed by atoms with E-state index in [9.17, 15) is 60.7 Å². The quantitative estimate of drug-likeness (QED) is 0.0872. The third kappa shape index (κ3) is 7.67. The van der Waals surface area contributed by atoms with E-state index in [0.717, 1.165) is 44.9 Å². The average Bonchev–Trinajstić information content (AvgIpc) is 3.52. The zero-order valence-corrected chi connectivity index (χ0v) is 38.7. The van der Waals surface area contributed by atoms with Crippen molar-refractivity contribution < 1.29 is 89.1 Å². The second kappa shape index (κ2) is 17.2. The van der Waals surface area contributed by atoms with Gasteiger partial charge in [0.1, 0.15) is 61.0 Å². The van der Waals surface area contributed by atoms with E-state index in [1.54, 1.807) is 0 Å². The van der Waals surface area contributed by atoms with Gasteiger partial charge < -0.3 is 79.5 Å². The molecule has 22 atom stereocenters. The van der Waals surface area contributed by atoms with E-state index in [2.05, 4.69) is 54.5 Å². The highest BCUT2D eigenvalue weighted by molar-refractivity contribution is 5.79. The first kappa shape index (κ1) is 49.5. The van der Waals surface area contributed by atoms with Crippen molar-refractivity contribution in [1.29, 1.82) is 0 Å². The van der Waals surface area contributed by atoms with Gasteiger partial charge in [0, 0.05) is 0 Å². The smallest absolute Gasteiger partial charge is 0.335 e. The van der Waals surface area contributed by atoms with Crippen LogP contribution in [0.15, 0.2) is 11.6 Å². The standard InChI is InChI=1S/C47H74O18/c1-42(2)14-16-47(41(59)65-39-33(55)30(52)28(50)23(19-48)61-39)17-15-45(6)21(22(47)18-42)8-9-26-44(5)12-11-27(43(3,4)25(44)10-13-46(26,45)7)62-40-34(56)31(53)35(36(64-40)37(57)58)63-38-32(54)29(51)24(20-49)60-38/h8,22-36,38-40,48-56H,9-20H2,1-7H3,(H,57,58)/t22-,23+,24+,25-,26+,27-,28+,29+,30-,31+,32-,33+,34+,35-,36-,38+,39-,40+,44-,45+,46+,47-/m0/s1. The van der Waals surface area contributed by atoms with Gasteiger partial charge in [-0.2, -0.15) is 0 Å². The van der Waals surface area contributed by atoms with Crippen molar-refractivity contribution in [2.45, 2.75) is 205 Å². The molecule has 0 unspecified atom stereocenters. The molecule has 0 amide bonds. The molecule has 0 aromatic heterocycles. The monoisotopic (exact) mass is 926 g/mol. The lowest BCUT2D eigenvalue weighted by atomic mass is 9.33. The summed E-state index contributed by atoms with van der Waals surface area (Å²) in [6, 6.07) is 0. The normalized spacial score (nSPS) is 52.5. The molecule has 0 radical (unpaired) electrons. The van der Waals surface area contributed by atoms with Crippen LogP contribution < -0.4 is 0 Å². The van der Waals surface area contributed by atoms with Crippen molar-refractivity contribution in [1.82, 2.24) is 0 Å². The van der Waals surface area contributed by atoms with Crippen LogP contribution in [0, 0.1) is 50.2 Å². The van der Waals surface area contributed by atoms with Crippen LogP contribution in [0.1, 0.15) is 113 Å². The minimum atomic E-state index is -1.84. The minimum absolute atomic E-state index is 0.0645. The zero-order valence-electron chi connectivity index (χ0n) is 38.7. The summed E-state index contributed by atoms with van der Waals surface area (Å²) in [5.74, 6) is -1.77. The number of hydrogen-bond donors (Lipinski definition) is 10. The fourth-order valence-electron chi connectivity index (χ4n) is 14.8. The maximum Gasteiger partial charge on any atom is 0.335 e. The third-order valence-corrected chi connectivity index (χ3v) is 18.9. The van der Waals surface area contributed by atoms with Crippen molar-refractivity contribution >= 4 is 11.9 Å². The molecule has 3 aliphatic heterocycles. The summed E-state index contributed by atoms with van der Waals surface area (Å²) in [7, 11) is 0. The number of carboxylic acids is 1. The van der Waals surface area contributed by atoms with Crippen LogP contribution in [0.25, 0.3) is 0 Å². The average molecular weight is 927 g/mol. The Hall–Kier alpha value is -1.88. The SMILES string of the molecule is CC1(C)CC[C@]2(C(=O)O[C@@H]3O[C@H](CO)[C@@H](O)[C@H](O)[C@H]3O)CC[C@]3(C)C(=CC[C@@H]4[C@@]5(C)CC[C@H](O[C@@H]6O[C@H](C(=O)O)[C@@H](O[C@H]7O[C@H](CO)[C@@H](O)[C@@H]7O)[C@H](O)[C@H]6O)C(C)(C)[C@@H]5CC[C@]43C)[C@@H]2C1. The fourth-order valence-corrected chi connectivity index (χ4v) is 14.8. The molecule has 18 nitrogen and oxygen atoms in total. The first-order valence-electron chi connectivity index (χ1n) is 23.7. The van der Waals surface area contributed by atoms with Gasteiger partial charge >= 0.3 is 11.9 Å². The van der Waals surface area contributed by atoms with Crippen molar-refractivity contribution in [3.63, 3.8) is 0 Å². The minimum Gasteiger partial charge on any atom is -0.479 e. The van der Waals surface area contributed by atoms with Crippen LogP contribution in [0.4, 0.5) is 0 Å². The Labute approximate surface area is 380 Å². The summed E-state index contributed by atoms with van der Waals surface area (Å²) >= 11 is 0. The number of aliphatic hydroxyl groups excluding tert-OH is 9. The summed E-state index contributed by atoms with van der Waals surface area (Å²) in [6.07, 6.45) is -13.2. The van der Waals surface area contributed by atoms with Gasteiger partial charge in [-0.25, -0.2) is 4.79 Å². The molecule has 0 spiro atoms. The molecule has 0 bridgehead atoms. The van der Waals surface area contributed by atoms with E-state index in [0.29, 0.717) is 19.3 Å². The zero-order chi connectivity index (χ0) is 47.6. The summed E-state index contributed by atoms with van der Waals surface area (Å²) in [5.41, 5.74) is -0.800. The summed E-state index contributed by atoms with van der Waals surface area (Å²) in [4.78, 5) is 27.2. The lowest BCUT2D eigenvalue weighted by Crippen LogP contribution is -2.66. The molecule has 3 saturated heterocycles. The Kier molecular flexibility index (Phi) is 13.1. The summed E-state index contributed by atoms with van der Waals surface area (Å²) in [5, 5.41) is 104. The Morgan fingerprint density at radius 3 is 1.89 bits per heavy atom. The van der Waals surface area contributed by atoms with Crippen LogP contribution in [-0.2, 0) is 38.0 Å². The van der Waals surface area contributed by atoms with Gasteiger partial charge in [0.25, 0.3) is 0 Å². The van der Waals surface area contributed by atoms with E-state index in [-0.39, 0.29) is 39.4 Å². The number of carbonyl (C=O) groups excluding carboxylic acids is 1. The summed E-state index contributed by atoms with van der Waals surface area (Å²) in [6.45, 7) is 14.6. The number of hydrogen-bond acceptors (Lipinski definition) is 17. The van der Waals surface area contributed by atoms with Crippen molar-refractivity contribution in [2.24, 2.45) is 50.2 Å². The molecule has 7 fully saturated rings. The lowest BCUT2D eigenvalue weighted by molar-refractivity contribution is -0.342. The molecule has 18 heteroatoms. The molecule has 370 valence electrons. The topological polar surface area (TPSA) is 292 Å². The predicted octanol–water partition coefficient (Wildman–Crippen LogP) is 0.872. The first-order valence-corrected chi connectivity index (χ1v) is 23.7. The molecule has 10 N–H and O–H groups in total. The molecule has 0 aromatic carbocycles. The van der Waals surface area contributed by atoms with Gasteiger partial charge in [-0.1, -0.05) is 60.1 Å². The molecule has 8 aliphatic rings. The maximum absolute atomic E-state index is 14.6. The highest BCUT2D eigenvalue weighted by Crippen LogP contribution is 2.76. The predicted molar refractivity (Wildman–Crippen MR) is 225 cm³/mol. The molecule has 3 heterocycles. The van der Waals surface area contributed by atoms with E-state index >= 15 is 0 Å². The Morgan fingerprint density at radius 1 is 0.662 bits per heavy atom. The van der Waals surface area contributed by atoms with E-state index < -0.39 is 128 Å². The largest absolute Gasteiger partial charge is 0.479 e. The maximum atomic E-state index is 14.6. The van der Waals surface area contributed by atoms with Gasteiger partial charge in [0.05, 0.1) is 24.7 Å². The van der Waals surface area contributed by atoms with Gasteiger partial charge in [-0.05, 0) is 109 Å². The van der Waals surface area contributed by atoms with Crippen molar-refractivity contribution in [3.8, 4) is 0 Å². The van der Waals surface area contributed by atoms with Crippen molar-refractivity contribution in [2.75, 3.05) is 13.2 Å². The van der Waals surface area contributed by atoms with Gasteiger partial charge in [0.15, 0.2) is 18.7 Å². The third-order valence-electron chi connectivity index (χ3n) is 18.9. The molecule has 65 heavy (non-hydrogen) atoms. The van der Waals surface area contributed by atoms with E-state index in [4.69, 9.17) is 28.4 Å². The molecular weight excluding hydrogens is 852 g/mol. The van der Waals surface area contributed by atoms with Crippen molar-refractivity contribution in [3.05, 3.63) is 11.6 Å². The number of fused-ring (bicyclic) bond motifs is 7. The van der Waals surface area contributed by atoms with Crippen LogP contribution in [-0.4, -0.2) is 168 Å². The highest BCUT2D eigenvalue weighted by atomic mass is 16.8. The fraction of sp³-hybridized carbons (Fsp3) is 0.915. The highest BCUT2D eigenvalue weighted by Gasteiger charge is 2.70. The number of esters is 1. The number of allylic oxidation sites excluding steroid dienone is 2. The molecule has 0 aromatic rings. The Balaban J connectivity index is 1.01. The molecule has 5 aliphatic carbocycles. The molecular formula is C47H74O18. The van der Waals surface area contributed by atoms with Crippen LogP contribution in [0.2, 0.25) is 0 Å². The van der Waals surface area contributed by atoms with Gasteiger partial charge in [-0.3, -0.25) is 4.79 Å². The first-order chi connectivity index (χ1) is 30.3. The van der Waals surface area contributed by atoms with E-state index in [1.807, 2.05) is 0 Å². The van der Waals surface area contributed by atoms with Crippen LogP contribution in [0.5, 0.6) is 0 Å². The second-order valence-corrected chi connectivity index (χ2v) is 23.0. The summed E-state index contributed by atoms with van der Waals surface area (Å²) < 4.78 is 35.0. The van der Waals surface area contributed by atoms with Gasteiger partial charge in [0.2, 0.25) is 6.29 Å².